The number of ether oxygens (including phenoxy) is 2. The highest BCUT2D eigenvalue weighted by molar-refractivity contribution is 5.78. The van der Waals surface area contributed by atoms with Gasteiger partial charge in [0.2, 0.25) is 0 Å². The van der Waals surface area contributed by atoms with Gasteiger partial charge in [0.1, 0.15) is 5.60 Å². The molecule has 0 spiro atoms. The normalized spacial score (nSPS) is 27.9. The topological polar surface area (TPSA) is 35.5 Å². The Labute approximate surface area is 129 Å². The van der Waals surface area contributed by atoms with Gasteiger partial charge >= 0.3 is 5.97 Å². The van der Waals surface area contributed by atoms with Crippen molar-refractivity contribution in [1.29, 1.82) is 0 Å². The fraction of sp³-hybridized carbons (Fsp3) is 0.316. The first kappa shape index (κ1) is 13.5. The minimum atomic E-state index is -0.741. The van der Waals surface area contributed by atoms with Gasteiger partial charge in [-0.3, -0.25) is 4.79 Å². The van der Waals surface area contributed by atoms with Gasteiger partial charge in [0.25, 0.3) is 0 Å². The van der Waals surface area contributed by atoms with Gasteiger partial charge in [0, 0.05) is 13.0 Å². The molecule has 0 N–H and O–H groups in total. The average Bonchev–Trinajstić information content (AvgIpc) is 2.60. The molecule has 1 atom stereocenters. The van der Waals surface area contributed by atoms with Gasteiger partial charge in [-0.15, -0.1) is 0 Å². The smallest absolute Gasteiger partial charge is 0.312 e. The summed E-state index contributed by atoms with van der Waals surface area (Å²) in [5.41, 5.74) is 3.99. The van der Waals surface area contributed by atoms with Crippen LogP contribution < -0.4 is 0 Å². The second-order valence-electron chi connectivity index (χ2n) is 5.98. The van der Waals surface area contributed by atoms with E-state index < -0.39 is 5.60 Å². The average molecular weight is 294 g/mol. The maximum Gasteiger partial charge on any atom is 0.312 e. The van der Waals surface area contributed by atoms with Crippen LogP contribution in [0.25, 0.3) is 0 Å². The second kappa shape index (κ2) is 4.68. The highest BCUT2D eigenvalue weighted by Gasteiger charge is 2.57. The number of esters is 1. The highest BCUT2D eigenvalue weighted by atomic mass is 16.5. The summed E-state index contributed by atoms with van der Waals surface area (Å²) in [5.74, 6) is -0.276. The predicted molar refractivity (Wildman–Crippen MR) is 82.6 cm³/mol. The maximum absolute atomic E-state index is 12.4. The van der Waals surface area contributed by atoms with Crippen LogP contribution in [0.4, 0.5) is 0 Å². The van der Waals surface area contributed by atoms with E-state index in [-0.39, 0.29) is 17.8 Å². The van der Waals surface area contributed by atoms with Crippen molar-refractivity contribution in [1.82, 2.24) is 0 Å². The summed E-state index contributed by atoms with van der Waals surface area (Å²) in [6, 6.07) is 16.6. The first-order valence-electron chi connectivity index (χ1n) is 7.55. The molecule has 1 unspecified atom stereocenters. The molecule has 0 amide bonds. The Morgan fingerprint density at radius 2 is 1.55 bits per heavy atom. The van der Waals surface area contributed by atoms with Crippen molar-refractivity contribution >= 4 is 5.97 Å². The summed E-state index contributed by atoms with van der Waals surface area (Å²) in [6.45, 7) is 0. The molecule has 0 saturated heterocycles. The largest absolute Gasteiger partial charge is 0.469 e. The molecule has 0 fully saturated rings. The monoisotopic (exact) mass is 294 g/mol. The number of carbonyl (C=O) groups excluding carboxylic acids is 1. The van der Waals surface area contributed by atoms with E-state index in [1.165, 1.54) is 18.2 Å². The van der Waals surface area contributed by atoms with Crippen molar-refractivity contribution in [2.24, 2.45) is 5.92 Å². The molecule has 2 aromatic rings. The van der Waals surface area contributed by atoms with Crippen molar-refractivity contribution in [2.45, 2.75) is 17.9 Å². The Hall–Kier alpha value is -2.13. The lowest BCUT2D eigenvalue weighted by atomic mass is 9.56. The lowest BCUT2D eigenvalue weighted by Crippen LogP contribution is -2.51. The van der Waals surface area contributed by atoms with Crippen molar-refractivity contribution in [3.63, 3.8) is 0 Å². The molecule has 0 radical (unpaired) electrons. The summed E-state index contributed by atoms with van der Waals surface area (Å²) in [5, 5.41) is 0. The number of methoxy groups -OCH3 is 2. The van der Waals surface area contributed by atoms with Crippen LogP contribution in [-0.4, -0.2) is 20.2 Å². The molecule has 0 saturated carbocycles. The third-order valence-electron chi connectivity index (χ3n) is 5.24. The van der Waals surface area contributed by atoms with Crippen molar-refractivity contribution < 1.29 is 14.3 Å². The summed E-state index contributed by atoms with van der Waals surface area (Å²) in [6.07, 6.45) is 0.731. The molecule has 22 heavy (non-hydrogen) atoms. The highest BCUT2D eigenvalue weighted by Crippen LogP contribution is 2.59. The summed E-state index contributed by atoms with van der Waals surface area (Å²) < 4.78 is 11.1. The summed E-state index contributed by atoms with van der Waals surface area (Å²) >= 11 is 0. The van der Waals surface area contributed by atoms with E-state index in [0.717, 1.165) is 17.5 Å². The molecular weight excluding hydrogens is 276 g/mol. The van der Waals surface area contributed by atoms with E-state index in [2.05, 4.69) is 36.4 Å². The van der Waals surface area contributed by atoms with Gasteiger partial charge in [-0.2, -0.15) is 0 Å². The van der Waals surface area contributed by atoms with Crippen molar-refractivity contribution in [3.8, 4) is 0 Å². The Balaban J connectivity index is 2.06. The van der Waals surface area contributed by atoms with Crippen molar-refractivity contribution in [2.75, 3.05) is 14.2 Å². The maximum atomic E-state index is 12.4. The Morgan fingerprint density at radius 1 is 1.00 bits per heavy atom. The molecule has 2 bridgehead atoms. The zero-order chi connectivity index (χ0) is 15.3. The lowest BCUT2D eigenvalue weighted by molar-refractivity contribution is -0.159. The predicted octanol–water partition coefficient (Wildman–Crippen LogP) is 3.21. The Bertz CT molecular complexity index is 702. The first-order valence-corrected chi connectivity index (χ1v) is 7.55. The zero-order valence-electron chi connectivity index (χ0n) is 12.7. The third kappa shape index (κ3) is 1.47. The van der Waals surface area contributed by atoms with Crippen LogP contribution in [0.15, 0.2) is 48.5 Å². The molecule has 3 heteroatoms. The van der Waals surface area contributed by atoms with Crippen LogP contribution in [-0.2, 0) is 19.9 Å². The number of rotatable bonds is 2. The zero-order valence-corrected chi connectivity index (χ0v) is 12.7. The lowest BCUT2D eigenvalue weighted by Gasteiger charge is -2.51. The van der Waals surface area contributed by atoms with Gasteiger partial charge in [0.15, 0.2) is 0 Å². The standard InChI is InChI=1S/C19H18O3/c1-21-18(20)17-11-14-12-7-3-5-9-15(12)19(17,22-2)16-10-6-4-8-13(14)16/h3-10,14,17H,11H2,1-2H3. The fourth-order valence-corrected chi connectivity index (χ4v) is 4.39. The molecule has 2 aromatic carbocycles. The third-order valence-corrected chi connectivity index (χ3v) is 5.24. The molecule has 3 aliphatic carbocycles. The molecule has 112 valence electrons. The van der Waals surface area contributed by atoms with Crippen LogP contribution in [0, 0.1) is 5.92 Å². The van der Waals surface area contributed by atoms with Gasteiger partial charge in [-0.25, -0.2) is 0 Å². The van der Waals surface area contributed by atoms with Crippen molar-refractivity contribution in [3.05, 3.63) is 70.8 Å². The van der Waals surface area contributed by atoms with Crippen LogP contribution in [0.2, 0.25) is 0 Å². The van der Waals surface area contributed by atoms with E-state index in [0.29, 0.717) is 0 Å². The minimum Gasteiger partial charge on any atom is -0.469 e. The molecule has 5 rings (SSSR count). The minimum absolute atomic E-state index is 0.198. The number of benzene rings is 2. The van der Waals surface area contributed by atoms with Gasteiger partial charge in [-0.1, -0.05) is 48.5 Å². The molecular formula is C19H18O3. The SMILES string of the molecule is COC(=O)C1CC2c3ccccc3C1(OC)c1ccccc12. The summed E-state index contributed by atoms with van der Waals surface area (Å²) in [7, 11) is 3.14. The van der Waals surface area contributed by atoms with Gasteiger partial charge in [-0.05, 0) is 28.7 Å². The number of carbonyl (C=O) groups is 1. The van der Waals surface area contributed by atoms with E-state index >= 15 is 0 Å². The number of hydrogen-bond acceptors (Lipinski definition) is 3. The molecule has 3 aliphatic rings. The van der Waals surface area contributed by atoms with Crippen LogP contribution >= 0.6 is 0 Å². The quantitative estimate of drug-likeness (QED) is 0.798. The van der Waals surface area contributed by atoms with Crippen LogP contribution in [0.3, 0.4) is 0 Å². The van der Waals surface area contributed by atoms with E-state index in [1.54, 1.807) is 7.11 Å². The molecule has 0 aromatic heterocycles. The Morgan fingerprint density at radius 3 is 2.05 bits per heavy atom. The molecule has 0 aliphatic heterocycles. The number of hydrogen-bond donors (Lipinski definition) is 0. The first-order chi connectivity index (χ1) is 10.7. The number of fused-ring (bicyclic) bond motifs is 1. The van der Waals surface area contributed by atoms with E-state index in [9.17, 15) is 4.79 Å². The van der Waals surface area contributed by atoms with Gasteiger partial charge in [0.05, 0.1) is 13.0 Å². The second-order valence-corrected chi connectivity index (χ2v) is 5.98. The van der Waals surface area contributed by atoms with Gasteiger partial charge < -0.3 is 9.47 Å². The molecule has 0 heterocycles. The van der Waals surface area contributed by atoms with E-state index in [1.807, 2.05) is 12.1 Å². The van der Waals surface area contributed by atoms with Crippen LogP contribution in [0.1, 0.15) is 34.6 Å². The Kier molecular flexibility index (Phi) is 2.88. The van der Waals surface area contributed by atoms with E-state index in [4.69, 9.17) is 9.47 Å². The fourth-order valence-electron chi connectivity index (χ4n) is 4.39. The van der Waals surface area contributed by atoms with Crippen LogP contribution in [0.5, 0.6) is 0 Å². The summed E-state index contributed by atoms with van der Waals surface area (Å²) in [4.78, 5) is 12.4. The molecule has 3 nitrogen and oxygen atoms in total.